The lowest BCUT2D eigenvalue weighted by Crippen LogP contribution is -2.42. The van der Waals surface area contributed by atoms with E-state index in [-0.39, 0.29) is 6.10 Å². The fraction of sp³-hybridized carbons (Fsp3) is 0.593. The maximum atomic E-state index is 6.82. The Morgan fingerprint density at radius 2 is 1.86 bits per heavy atom. The maximum Gasteiger partial charge on any atom is 0.159 e. The van der Waals surface area contributed by atoms with Crippen LogP contribution in [0.2, 0.25) is 5.02 Å². The van der Waals surface area contributed by atoms with Gasteiger partial charge in [0.1, 0.15) is 11.6 Å². The lowest BCUT2D eigenvalue weighted by molar-refractivity contribution is 0.0381. The first-order valence-electron chi connectivity index (χ1n) is 13.3. The van der Waals surface area contributed by atoms with Gasteiger partial charge in [-0.05, 0) is 69.3 Å². The summed E-state index contributed by atoms with van der Waals surface area (Å²) in [6, 6.07) is 6.94. The van der Waals surface area contributed by atoms with E-state index in [0.717, 1.165) is 105 Å². The molecule has 3 aliphatic rings. The molecule has 0 bridgehead atoms. The number of hydrogen-bond acceptors (Lipinski definition) is 7. The van der Waals surface area contributed by atoms with E-state index in [2.05, 4.69) is 28.9 Å². The lowest BCUT2D eigenvalue weighted by atomic mass is 9.88. The third kappa shape index (κ3) is 4.72. The van der Waals surface area contributed by atoms with Gasteiger partial charge in [0.2, 0.25) is 0 Å². The number of aromatic nitrogens is 4. The molecule has 3 aromatic rings. The molecule has 2 atom stereocenters. The molecule has 0 N–H and O–H groups in total. The molecule has 5 heterocycles. The highest BCUT2D eigenvalue weighted by Gasteiger charge is 2.29. The van der Waals surface area contributed by atoms with E-state index in [9.17, 15) is 0 Å². The van der Waals surface area contributed by atoms with E-state index >= 15 is 0 Å². The van der Waals surface area contributed by atoms with E-state index in [1.165, 1.54) is 5.56 Å². The second-order valence-electron chi connectivity index (χ2n) is 10.3. The van der Waals surface area contributed by atoms with Crippen molar-refractivity contribution in [1.29, 1.82) is 0 Å². The predicted molar refractivity (Wildman–Crippen MR) is 141 cm³/mol. The molecule has 2 aromatic heterocycles. The highest BCUT2D eigenvalue weighted by atomic mass is 35.5. The molecule has 36 heavy (non-hydrogen) atoms. The molecule has 0 aliphatic carbocycles. The smallest absolute Gasteiger partial charge is 0.159 e. The molecule has 192 valence electrons. The Morgan fingerprint density at radius 3 is 2.64 bits per heavy atom. The summed E-state index contributed by atoms with van der Waals surface area (Å²) in [6.07, 6.45) is 6.49. The Hall–Kier alpha value is -2.26. The summed E-state index contributed by atoms with van der Waals surface area (Å²) in [5.74, 6) is 2.91. The van der Waals surface area contributed by atoms with Gasteiger partial charge in [0.15, 0.2) is 5.82 Å². The number of anilines is 1. The van der Waals surface area contributed by atoms with Crippen molar-refractivity contribution in [2.24, 2.45) is 0 Å². The first-order valence-corrected chi connectivity index (χ1v) is 13.7. The van der Waals surface area contributed by atoms with Crippen LogP contribution in [0.4, 0.5) is 5.82 Å². The van der Waals surface area contributed by atoms with Crippen LogP contribution in [0.3, 0.4) is 0 Å². The van der Waals surface area contributed by atoms with Gasteiger partial charge in [-0.2, -0.15) is 5.10 Å². The SMILES string of the molecule is CCC1CN(c2cc(-n3ncc4cc(Cl)c(C5CCN(C6CCOC6)CC5)cc43)nc(C)n2)CCO1. The number of morpholine rings is 1. The highest BCUT2D eigenvalue weighted by molar-refractivity contribution is 6.32. The normalized spacial score (nSPS) is 24.1. The van der Waals surface area contributed by atoms with Crippen molar-refractivity contribution < 1.29 is 9.47 Å². The molecule has 0 spiro atoms. The Labute approximate surface area is 217 Å². The topological polar surface area (TPSA) is 68.5 Å². The van der Waals surface area contributed by atoms with Gasteiger partial charge < -0.3 is 14.4 Å². The molecule has 6 rings (SSSR count). The second-order valence-corrected chi connectivity index (χ2v) is 10.7. The average molecular weight is 511 g/mol. The molecule has 1 aromatic carbocycles. The lowest BCUT2D eigenvalue weighted by Gasteiger charge is -2.35. The van der Waals surface area contributed by atoms with Crippen LogP contribution in [0, 0.1) is 6.92 Å². The van der Waals surface area contributed by atoms with Crippen LogP contribution in [0.5, 0.6) is 0 Å². The van der Waals surface area contributed by atoms with Crippen molar-refractivity contribution in [1.82, 2.24) is 24.6 Å². The first-order chi connectivity index (χ1) is 17.6. The van der Waals surface area contributed by atoms with Gasteiger partial charge in [-0.15, -0.1) is 0 Å². The monoisotopic (exact) mass is 510 g/mol. The Balaban J connectivity index is 1.28. The van der Waals surface area contributed by atoms with Gasteiger partial charge in [0.25, 0.3) is 0 Å². The standard InChI is InChI=1S/C27H35ClN6O2/c1-3-22-16-33(9-11-36-22)26-14-27(31-18(2)30-26)34-25-13-23(24(28)12-20(25)15-29-34)19-4-7-32(8-5-19)21-6-10-35-17-21/h12-15,19,21-22H,3-11,16-17H2,1-2H3. The van der Waals surface area contributed by atoms with Crippen LogP contribution in [-0.2, 0) is 9.47 Å². The van der Waals surface area contributed by atoms with Crippen LogP contribution >= 0.6 is 11.6 Å². The van der Waals surface area contributed by atoms with Crippen molar-refractivity contribution >= 4 is 28.3 Å². The maximum absolute atomic E-state index is 6.82. The molecule has 0 amide bonds. The minimum Gasteiger partial charge on any atom is -0.380 e. The number of benzene rings is 1. The molecule has 9 heteroatoms. The molecule has 3 fully saturated rings. The van der Waals surface area contributed by atoms with Crippen LogP contribution in [-0.4, -0.2) is 82.8 Å². The van der Waals surface area contributed by atoms with Gasteiger partial charge in [-0.3, -0.25) is 4.90 Å². The molecule has 2 unspecified atom stereocenters. The minimum absolute atomic E-state index is 0.236. The zero-order valence-electron chi connectivity index (χ0n) is 21.2. The molecular weight excluding hydrogens is 476 g/mol. The number of nitrogens with zero attached hydrogens (tertiary/aromatic N) is 6. The second kappa shape index (κ2) is 10.2. The predicted octanol–water partition coefficient (Wildman–Crippen LogP) is 4.36. The van der Waals surface area contributed by atoms with E-state index in [1.807, 2.05) is 23.9 Å². The van der Waals surface area contributed by atoms with Crippen molar-refractivity contribution in [3.8, 4) is 5.82 Å². The van der Waals surface area contributed by atoms with Gasteiger partial charge in [-0.25, -0.2) is 14.6 Å². The van der Waals surface area contributed by atoms with Crippen LogP contribution in [0.25, 0.3) is 16.7 Å². The molecular formula is C27H35ClN6O2. The zero-order chi connectivity index (χ0) is 24.6. The molecule has 0 saturated carbocycles. The highest BCUT2D eigenvalue weighted by Crippen LogP contribution is 2.37. The summed E-state index contributed by atoms with van der Waals surface area (Å²) >= 11 is 6.82. The largest absolute Gasteiger partial charge is 0.380 e. The number of aryl methyl sites for hydroxylation is 1. The first kappa shape index (κ1) is 24.1. The van der Waals surface area contributed by atoms with Crippen molar-refractivity contribution in [2.45, 2.75) is 57.6 Å². The fourth-order valence-electron chi connectivity index (χ4n) is 5.92. The summed E-state index contributed by atoms with van der Waals surface area (Å²) in [7, 11) is 0. The van der Waals surface area contributed by atoms with Crippen LogP contribution < -0.4 is 4.90 Å². The number of piperidine rings is 1. The third-order valence-electron chi connectivity index (χ3n) is 8.02. The summed E-state index contributed by atoms with van der Waals surface area (Å²) in [5.41, 5.74) is 2.26. The number of fused-ring (bicyclic) bond motifs is 1. The number of likely N-dealkylation sites (tertiary alicyclic amines) is 1. The number of rotatable bonds is 5. The van der Waals surface area contributed by atoms with E-state index in [1.54, 1.807) is 0 Å². The van der Waals surface area contributed by atoms with Crippen molar-refractivity contribution in [2.75, 3.05) is 50.9 Å². The van der Waals surface area contributed by atoms with Crippen molar-refractivity contribution in [3.63, 3.8) is 0 Å². The summed E-state index contributed by atoms with van der Waals surface area (Å²) in [4.78, 5) is 14.4. The summed E-state index contributed by atoms with van der Waals surface area (Å²) in [5, 5.41) is 6.58. The van der Waals surface area contributed by atoms with E-state index in [0.29, 0.717) is 12.0 Å². The zero-order valence-corrected chi connectivity index (χ0v) is 22.0. The van der Waals surface area contributed by atoms with Gasteiger partial charge in [0.05, 0.1) is 31.0 Å². The van der Waals surface area contributed by atoms with Gasteiger partial charge >= 0.3 is 0 Å². The molecule has 3 aliphatic heterocycles. The fourth-order valence-corrected chi connectivity index (χ4v) is 6.25. The Morgan fingerprint density at radius 1 is 1.03 bits per heavy atom. The van der Waals surface area contributed by atoms with Crippen LogP contribution in [0.1, 0.15) is 49.9 Å². The van der Waals surface area contributed by atoms with Gasteiger partial charge in [-0.1, -0.05) is 18.5 Å². The van der Waals surface area contributed by atoms with E-state index in [4.69, 9.17) is 36.1 Å². The minimum atomic E-state index is 0.236. The summed E-state index contributed by atoms with van der Waals surface area (Å²) in [6.45, 7) is 10.5. The Kier molecular flexibility index (Phi) is 6.86. The summed E-state index contributed by atoms with van der Waals surface area (Å²) < 4.78 is 13.4. The average Bonchev–Trinajstić information content (AvgIpc) is 3.58. The van der Waals surface area contributed by atoms with Crippen molar-refractivity contribution in [3.05, 3.63) is 40.8 Å². The molecule has 8 nitrogen and oxygen atoms in total. The molecule has 3 saturated heterocycles. The molecule has 0 radical (unpaired) electrons. The third-order valence-corrected chi connectivity index (χ3v) is 8.35. The number of halogens is 1. The van der Waals surface area contributed by atoms with Crippen LogP contribution in [0.15, 0.2) is 24.4 Å². The number of hydrogen-bond donors (Lipinski definition) is 0. The van der Waals surface area contributed by atoms with E-state index < -0.39 is 0 Å². The number of ether oxygens (including phenoxy) is 2. The Bertz CT molecular complexity index is 1220. The van der Waals surface area contributed by atoms with Gasteiger partial charge in [0, 0.05) is 42.2 Å². The quantitative estimate of drug-likeness (QED) is 0.505.